The van der Waals surface area contributed by atoms with Gasteiger partial charge in [0.15, 0.2) is 0 Å². The van der Waals surface area contributed by atoms with Gasteiger partial charge >= 0.3 is 0 Å². The van der Waals surface area contributed by atoms with Gasteiger partial charge < -0.3 is 10.6 Å². The number of hydrogen-bond donors (Lipinski definition) is 2. The van der Waals surface area contributed by atoms with Gasteiger partial charge in [-0.15, -0.1) is 0 Å². The van der Waals surface area contributed by atoms with Crippen LogP contribution < -0.4 is 15.4 Å². The third-order valence-electron chi connectivity index (χ3n) is 4.06. The third kappa shape index (κ3) is 3.74. The largest absolute Gasteiger partial charge is 0.369 e. The molecule has 1 atom stereocenters. The number of anilines is 1. The molecule has 2 rings (SSSR count). The maximum atomic E-state index is 11.7. The van der Waals surface area contributed by atoms with E-state index in [2.05, 4.69) is 21.4 Å². The summed E-state index contributed by atoms with van der Waals surface area (Å²) in [7, 11) is -1.94. The van der Waals surface area contributed by atoms with Crippen molar-refractivity contribution < 1.29 is 8.42 Å². The summed E-state index contributed by atoms with van der Waals surface area (Å²) in [5.74, 6) is 0. The summed E-state index contributed by atoms with van der Waals surface area (Å²) in [4.78, 5) is 4.95. The first-order valence-electron chi connectivity index (χ1n) is 7.20. The first kappa shape index (κ1) is 16.2. The SMILES string of the molecule is CNS(=O)(=O)c1ccc(N2CCN(C(C)CN)CC2)cc1. The fourth-order valence-electron chi connectivity index (χ4n) is 2.52. The van der Waals surface area contributed by atoms with Gasteiger partial charge in [0.1, 0.15) is 0 Å². The standard InChI is InChI=1S/C14H24N4O2S/c1-12(11-15)17-7-9-18(10-8-17)13-3-5-14(6-4-13)21(19,20)16-2/h3-6,12,16H,7-11,15H2,1-2H3. The quantitative estimate of drug-likeness (QED) is 0.804. The zero-order valence-corrected chi connectivity index (χ0v) is 13.4. The lowest BCUT2D eigenvalue weighted by atomic mass is 10.2. The van der Waals surface area contributed by atoms with Gasteiger partial charge in [-0.1, -0.05) is 0 Å². The van der Waals surface area contributed by atoms with Gasteiger partial charge in [-0.05, 0) is 38.2 Å². The van der Waals surface area contributed by atoms with Crippen molar-refractivity contribution in [3.05, 3.63) is 24.3 Å². The van der Waals surface area contributed by atoms with E-state index in [4.69, 9.17) is 5.73 Å². The Labute approximate surface area is 127 Å². The van der Waals surface area contributed by atoms with Gasteiger partial charge in [0.25, 0.3) is 0 Å². The van der Waals surface area contributed by atoms with Crippen molar-refractivity contribution in [1.29, 1.82) is 0 Å². The molecule has 1 aliphatic rings. The van der Waals surface area contributed by atoms with E-state index >= 15 is 0 Å². The molecule has 3 N–H and O–H groups in total. The summed E-state index contributed by atoms with van der Waals surface area (Å²) in [5, 5.41) is 0. The van der Waals surface area contributed by atoms with Gasteiger partial charge in [-0.25, -0.2) is 13.1 Å². The fraction of sp³-hybridized carbons (Fsp3) is 0.571. The minimum atomic E-state index is -3.36. The van der Waals surface area contributed by atoms with Crippen LogP contribution >= 0.6 is 0 Å². The number of piperazine rings is 1. The molecule has 21 heavy (non-hydrogen) atoms. The number of rotatable bonds is 5. The van der Waals surface area contributed by atoms with E-state index in [1.54, 1.807) is 12.1 Å². The molecule has 6 nitrogen and oxygen atoms in total. The predicted octanol–water partition coefficient (Wildman–Crippen LogP) is 0.0639. The topological polar surface area (TPSA) is 78.7 Å². The Bertz CT molecular complexity index is 551. The molecule has 1 aromatic carbocycles. The van der Waals surface area contributed by atoms with Gasteiger partial charge in [0.05, 0.1) is 4.90 Å². The highest BCUT2D eigenvalue weighted by Gasteiger charge is 2.20. The number of nitrogens with zero attached hydrogens (tertiary/aromatic N) is 2. The summed E-state index contributed by atoms with van der Waals surface area (Å²) >= 11 is 0. The minimum Gasteiger partial charge on any atom is -0.369 e. The minimum absolute atomic E-state index is 0.295. The average Bonchev–Trinajstić information content (AvgIpc) is 2.54. The molecule has 0 aliphatic carbocycles. The van der Waals surface area contributed by atoms with Crippen molar-refractivity contribution in [2.45, 2.75) is 17.9 Å². The van der Waals surface area contributed by atoms with Crippen molar-refractivity contribution in [2.24, 2.45) is 5.73 Å². The van der Waals surface area contributed by atoms with E-state index in [1.165, 1.54) is 7.05 Å². The Balaban J connectivity index is 2.01. The normalized spacial score (nSPS) is 18.7. The van der Waals surface area contributed by atoms with Crippen molar-refractivity contribution >= 4 is 15.7 Å². The Hall–Kier alpha value is -1.15. The summed E-state index contributed by atoms with van der Waals surface area (Å²) < 4.78 is 25.7. The molecule has 1 fully saturated rings. The van der Waals surface area contributed by atoms with Crippen LogP contribution in [0, 0.1) is 0 Å². The Kier molecular flexibility index (Phi) is 5.21. The molecule has 0 aromatic heterocycles. The number of nitrogens with one attached hydrogen (secondary N) is 1. The van der Waals surface area contributed by atoms with Crippen molar-refractivity contribution in [1.82, 2.24) is 9.62 Å². The zero-order chi connectivity index (χ0) is 15.5. The molecule has 0 bridgehead atoms. The summed E-state index contributed by atoms with van der Waals surface area (Å²) in [6, 6.07) is 7.44. The van der Waals surface area contributed by atoms with E-state index in [0.717, 1.165) is 31.9 Å². The molecule has 0 saturated carbocycles. The summed E-state index contributed by atoms with van der Waals surface area (Å²) in [6.07, 6.45) is 0. The number of sulfonamides is 1. The summed E-state index contributed by atoms with van der Waals surface area (Å²) in [5.41, 5.74) is 6.76. The Morgan fingerprint density at radius 3 is 2.24 bits per heavy atom. The molecular formula is C14H24N4O2S. The number of benzene rings is 1. The molecule has 0 amide bonds. The maximum absolute atomic E-state index is 11.7. The lowest BCUT2D eigenvalue weighted by molar-refractivity contribution is 0.201. The number of nitrogens with two attached hydrogens (primary N) is 1. The summed E-state index contributed by atoms with van der Waals surface area (Å²) in [6.45, 7) is 6.65. The molecule has 0 radical (unpaired) electrons. The van der Waals surface area contributed by atoms with Crippen LogP contribution in [0.1, 0.15) is 6.92 Å². The maximum Gasteiger partial charge on any atom is 0.240 e. The predicted molar refractivity (Wildman–Crippen MR) is 85.0 cm³/mol. The second-order valence-corrected chi connectivity index (χ2v) is 7.20. The van der Waals surface area contributed by atoms with E-state index in [9.17, 15) is 8.42 Å². The average molecular weight is 312 g/mol. The fourth-order valence-corrected chi connectivity index (χ4v) is 3.25. The van der Waals surface area contributed by atoms with E-state index in [0.29, 0.717) is 17.5 Å². The van der Waals surface area contributed by atoms with E-state index in [-0.39, 0.29) is 0 Å². The third-order valence-corrected chi connectivity index (χ3v) is 5.49. The smallest absolute Gasteiger partial charge is 0.240 e. The molecule has 1 aromatic rings. The monoisotopic (exact) mass is 312 g/mol. The van der Waals surface area contributed by atoms with Crippen LogP contribution in [0.25, 0.3) is 0 Å². The van der Waals surface area contributed by atoms with Crippen molar-refractivity contribution in [2.75, 3.05) is 44.7 Å². The van der Waals surface area contributed by atoms with Gasteiger partial charge in [0.2, 0.25) is 10.0 Å². The highest BCUT2D eigenvalue weighted by atomic mass is 32.2. The van der Waals surface area contributed by atoms with Crippen molar-refractivity contribution in [3.63, 3.8) is 0 Å². The van der Waals surface area contributed by atoms with Crippen LogP contribution in [0.2, 0.25) is 0 Å². The van der Waals surface area contributed by atoms with Crippen LogP contribution in [0.15, 0.2) is 29.2 Å². The van der Waals surface area contributed by atoms with Gasteiger partial charge in [-0.3, -0.25) is 4.90 Å². The number of hydrogen-bond acceptors (Lipinski definition) is 5. The molecule has 0 spiro atoms. The lowest BCUT2D eigenvalue weighted by Gasteiger charge is -2.38. The Morgan fingerprint density at radius 1 is 1.19 bits per heavy atom. The Morgan fingerprint density at radius 2 is 1.76 bits per heavy atom. The van der Waals surface area contributed by atoms with E-state index in [1.807, 2.05) is 12.1 Å². The lowest BCUT2D eigenvalue weighted by Crippen LogP contribution is -2.51. The zero-order valence-electron chi connectivity index (χ0n) is 12.6. The van der Waals surface area contributed by atoms with Crippen LogP contribution in [-0.4, -0.2) is 59.1 Å². The molecule has 1 heterocycles. The second kappa shape index (κ2) is 6.74. The van der Waals surface area contributed by atoms with Crippen LogP contribution in [0.5, 0.6) is 0 Å². The highest BCUT2D eigenvalue weighted by Crippen LogP contribution is 2.19. The molecule has 7 heteroatoms. The molecule has 1 saturated heterocycles. The van der Waals surface area contributed by atoms with Crippen LogP contribution in [0.4, 0.5) is 5.69 Å². The van der Waals surface area contributed by atoms with Gasteiger partial charge in [0, 0.05) is 44.5 Å². The van der Waals surface area contributed by atoms with E-state index < -0.39 is 10.0 Å². The first-order valence-corrected chi connectivity index (χ1v) is 8.69. The van der Waals surface area contributed by atoms with Crippen LogP contribution in [0.3, 0.4) is 0 Å². The van der Waals surface area contributed by atoms with Crippen LogP contribution in [-0.2, 0) is 10.0 Å². The molecule has 1 unspecified atom stereocenters. The molecule has 118 valence electrons. The first-order chi connectivity index (χ1) is 9.97. The second-order valence-electron chi connectivity index (χ2n) is 5.31. The molecule has 1 aliphatic heterocycles. The van der Waals surface area contributed by atoms with Crippen molar-refractivity contribution in [3.8, 4) is 0 Å². The highest BCUT2D eigenvalue weighted by molar-refractivity contribution is 7.89. The molecular weight excluding hydrogens is 288 g/mol. The van der Waals surface area contributed by atoms with Gasteiger partial charge in [-0.2, -0.15) is 0 Å².